The summed E-state index contributed by atoms with van der Waals surface area (Å²) in [7, 11) is 0. The van der Waals surface area contributed by atoms with Crippen molar-refractivity contribution in [3.63, 3.8) is 0 Å². The van der Waals surface area contributed by atoms with Gasteiger partial charge in [0.1, 0.15) is 0 Å². The lowest BCUT2D eigenvalue weighted by Crippen LogP contribution is -2.30. The van der Waals surface area contributed by atoms with Crippen LogP contribution in [-0.2, 0) is 12.8 Å². The second kappa shape index (κ2) is 8.47. The van der Waals surface area contributed by atoms with Crippen molar-refractivity contribution in [1.82, 2.24) is 5.32 Å². The summed E-state index contributed by atoms with van der Waals surface area (Å²) in [5.74, 6) is 0.624. The van der Waals surface area contributed by atoms with E-state index in [0.29, 0.717) is 12.0 Å². The van der Waals surface area contributed by atoms with Crippen molar-refractivity contribution < 1.29 is 0 Å². The molecule has 1 heterocycles. The highest BCUT2D eigenvalue weighted by molar-refractivity contribution is 9.11. The lowest BCUT2D eigenvalue weighted by Gasteiger charge is -2.19. The molecule has 2 aromatic rings. The monoisotopic (exact) mass is 429 g/mol. The molecule has 21 heavy (non-hydrogen) atoms. The summed E-state index contributed by atoms with van der Waals surface area (Å²) in [5.41, 5.74) is 1.41. The maximum atomic E-state index is 3.59. The Bertz CT molecular complexity index is 548. The molecule has 0 radical (unpaired) electrons. The Morgan fingerprint density at radius 1 is 1.00 bits per heavy atom. The van der Waals surface area contributed by atoms with Gasteiger partial charge in [0.15, 0.2) is 0 Å². The van der Waals surface area contributed by atoms with Crippen molar-refractivity contribution in [2.45, 2.75) is 32.7 Å². The Labute approximate surface area is 148 Å². The molecule has 2 rings (SSSR count). The van der Waals surface area contributed by atoms with Gasteiger partial charge in [0.2, 0.25) is 0 Å². The third-order valence-corrected chi connectivity index (χ3v) is 5.55. The van der Waals surface area contributed by atoms with Crippen LogP contribution in [0.15, 0.2) is 44.7 Å². The Hall–Kier alpha value is -0.160. The van der Waals surface area contributed by atoms with Crippen molar-refractivity contribution in [2.24, 2.45) is 5.92 Å². The summed E-state index contributed by atoms with van der Waals surface area (Å²) in [6.45, 7) is 5.47. The summed E-state index contributed by atoms with van der Waals surface area (Å²) in [5, 5.41) is 3.59. The third-order valence-electron chi connectivity index (χ3n) is 3.37. The highest BCUT2D eigenvalue weighted by Crippen LogP contribution is 2.25. The minimum atomic E-state index is 0.535. The van der Waals surface area contributed by atoms with Crippen molar-refractivity contribution in [3.05, 3.63) is 55.1 Å². The van der Waals surface area contributed by atoms with Gasteiger partial charge in [-0.15, -0.1) is 11.3 Å². The van der Waals surface area contributed by atoms with E-state index >= 15 is 0 Å². The normalized spacial score (nSPS) is 12.8. The molecule has 1 nitrogen and oxygen atoms in total. The second-order valence-corrected chi connectivity index (χ2v) is 9.13. The minimum absolute atomic E-state index is 0.535. The first-order chi connectivity index (χ1) is 10.0. The van der Waals surface area contributed by atoms with Gasteiger partial charge in [-0.1, -0.05) is 41.9 Å². The smallest absolute Gasteiger partial charge is 0.0701 e. The SMILES string of the molecule is CC(C)NCC(Cc1ccc(Br)cc1)Cc1ccc(Br)s1. The van der Waals surface area contributed by atoms with E-state index < -0.39 is 0 Å². The predicted molar refractivity (Wildman–Crippen MR) is 100 cm³/mol. The van der Waals surface area contributed by atoms with Gasteiger partial charge in [-0.3, -0.25) is 0 Å². The van der Waals surface area contributed by atoms with Gasteiger partial charge >= 0.3 is 0 Å². The molecule has 0 saturated carbocycles. The van der Waals surface area contributed by atoms with E-state index in [2.05, 4.69) is 87.4 Å². The molecule has 0 aliphatic carbocycles. The number of thiophene rings is 1. The van der Waals surface area contributed by atoms with E-state index in [-0.39, 0.29) is 0 Å². The first kappa shape index (κ1) is 17.2. The molecule has 1 aromatic heterocycles. The zero-order chi connectivity index (χ0) is 15.2. The van der Waals surface area contributed by atoms with E-state index in [4.69, 9.17) is 0 Å². The molecule has 0 aliphatic rings. The molecule has 0 bridgehead atoms. The minimum Gasteiger partial charge on any atom is -0.314 e. The molecule has 4 heteroatoms. The summed E-state index contributed by atoms with van der Waals surface area (Å²) >= 11 is 8.90. The Morgan fingerprint density at radius 3 is 2.29 bits per heavy atom. The second-order valence-electron chi connectivity index (χ2n) is 5.67. The number of nitrogens with one attached hydrogen (secondary N) is 1. The van der Waals surface area contributed by atoms with Crippen LogP contribution in [0, 0.1) is 5.92 Å². The molecular formula is C17H21Br2NS. The van der Waals surface area contributed by atoms with Crippen molar-refractivity contribution in [1.29, 1.82) is 0 Å². The number of hydrogen-bond acceptors (Lipinski definition) is 2. The van der Waals surface area contributed by atoms with E-state index in [1.165, 1.54) is 14.2 Å². The lowest BCUT2D eigenvalue weighted by atomic mass is 9.95. The fraction of sp³-hybridized carbons (Fsp3) is 0.412. The van der Waals surface area contributed by atoms with E-state index in [1.54, 1.807) is 0 Å². The van der Waals surface area contributed by atoms with Crippen LogP contribution in [0.25, 0.3) is 0 Å². The number of rotatable bonds is 7. The Kier molecular flexibility index (Phi) is 6.93. The van der Waals surface area contributed by atoms with Crippen molar-refractivity contribution in [2.75, 3.05) is 6.54 Å². The van der Waals surface area contributed by atoms with E-state index in [0.717, 1.165) is 23.9 Å². The summed E-state index contributed by atoms with van der Waals surface area (Å²) in [6.07, 6.45) is 2.24. The number of hydrogen-bond donors (Lipinski definition) is 1. The van der Waals surface area contributed by atoms with Gasteiger partial charge in [-0.2, -0.15) is 0 Å². The first-order valence-corrected chi connectivity index (χ1v) is 9.65. The maximum Gasteiger partial charge on any atom is 0.0701 e. The van der Waals surface area contributed by atoms with Gasteiger partial charge in [0, 0.05) is 15.4 Å². The Morgan fingerprint density at radius 2 is 1.71 bits per heavy atom. The van der Waals surface area contributed by atoms with Crippen LogP contribution in [0.1, 0.15) is 24.3 Å². The molecule has 1 unspecified atom stereocenters. The highest BCUT2D eigenvalue weighted by atomic mass is 79.9. The van der Waals surface area contributed by atoms with Gasteiger partial charge < -0.3 is 5.32 Å². The van der Waals surface area contributed by atoms with Crippen LogP contribution in [-0.4, -0.2) is 12.6 Å². The molecule has 114 valence electrons. The van der Waals surface area contributed by atoms with E-state index in [9.17, 15) is 0 Å². The van der Waals surface area contributed by atoms with Gasteiger partial charge in [0.05, 0.1) is 3.79 Å². The van der Waals surface area contributed by atoms with Gasteiger partial charge in [-0.25, -0.2) is 0 Å². The summed E-state index contributed by atoms with van der Waals surface area (Å²) in [6, 6.07) is 13.6. The number of benzene rings is 1. The van der Waals surface area contributed by atoms with Crippen LogP contribution in [0.5, 0.6) is 0 Å². The largest absolute Gasteiger partial charge is 0.314 e. The van der Waals surface area contributed by atoms with Crippen LogP contribution in [0.2, 0.25) is 0 Å². The zero-order valence-corrected chi connectivity index (χ0v) is 16.4. The van der Waals surface area contributed by atoms with Crippen LogP contribution in [0.3, 0.4) is 0 Å². The molecule has 1 atom stereocenters. The lowest BCUT2D eigenvalue weighted by molar-refractivity contribution is 0.446. The fourth-order valence-electron chi connectivity index (χ4n) is 2.32. The van der Waals surface area contributed by atoms with Crippen molar-refractivity contribution >= 4 is 43.2 Å². The predicted octanol–water partition coefficient (Wildman–Crippen LogP) is 5.67. The standard InChI is InChI=1S/C17H21Br2NS/c1-12(2)20-11-14(10-16-7-8-17(19)21-16)9-13-3-5-15(18)6-4-13/h3-8,12,14,20H,9-11H2,1-2H3. The molecule has 0 amide bonds. The molecule has 1 aromatic carbocycles. The van der Waals surface area contributed by atoms with Crippen LogP contribution in [0.4, 0.5) is 0 Å². The van der Waals surface area contributed by atoms with Gasteiger partial charge in [0.25, 0.3) is 0 Å². The van der Waals surface area contributed by atoms with Crippen LogP contribution >= 0.6 is 43.2 Å². The van der Waals surface area contributed by atoms with Gasteiger partial charge in [-0.05, 0) is 71.1 Å². The molecule has 0 spiro atoms. The summed E-state index contributed by atoms with van der Waals surface area (Å²) in [4.78, 5) is 1.45. The first-order valence-electron chi connectivity index (χ1n) is 7.25. The number of halogens is 2. The van der Waals surface area contributed by atoms with Crippen LogP contribution < -0.4 is 5.32 Å². The molecule has 0 aliphatic heterocycles. The zero-order valence-electron chi connectivity index (χ0n) is 12.4. The quantitative estimate of drug-likeness (QED) is 0.596. The average Bonchev–Trinajstić information content (AvgIpc) is 2.84. The molecular weight excluding hydrogens is 410 g/mol. The van der Waals surface area contributed by atoms with Crippen molar-refractivity contribution in [3.8, 4) is 0 Å². The third kappa shape index (κ3) is 6.23. The molecule has 1 N–H and O–H groups in total. The van der Waals surface area contributed by atoms with E-state index in [1.807, 2.05) is 11.3 Å². The molecule has 0 fully saturated rings. The Balaban J connectivity index is 2.02. The highest BCUT2D eigenvalue weighted by Gasteiger charge is 2.13. The fourth-order valence-corrected chi connectivity index (χ4v) is 4.18. The average molecular weight is 431 g/mol. The summed E-state index contributed by atoms with van der Waals surface area (Å²) < 4.78 is 2.36. The molecule has 0 saturated heterocycles. The maximum absolute atomic E-state index is 3.59. The topological polar surface area (TPSA) is 12.0 Å².